The first-order valence-electron chi connectivity index (χ1n) is 7.34. The summed E-state index contributed by atoms with van der Waals surface area (Å²) in [5.74, 6) is 0. The molecule has 1 atom stereocenters. The molecule has 0 amide bonds. The van der Waals surface area contributed by atoms with Gasteiger partial charge in [-0.25, -0.2) is 0 Å². The van der Waals surface area contributed by atoms with Crippen LogP contribution in [0, 0.1) is 6.92 Å². The third kappa shape index (κ3) is 4.74. The third-order valence-electron chi connectivity index (χ3n) is 3.61. The van der Waals surface area contributed by atoms with Gasteiger partial charge in [-0.2, -0.15) is 0 Å². The normalized spacial score (nSPS) is 12.4. The SMILES string of the molecule is CCCNC(Cc1ccc(Cl)cc1)c1cc(Cl)ccc1C. The Hall–Kier alpha value is -1.02. The summed E-state index contributed by atoms with van der Waals surface area (Å²) >= 11 is 12.1. The van der Waals surface area contributed by atoms with Gasteiger partial charge in [0, 0.05) is 16.1 Å². The summed E-state index contributed by atoms with van der Waals surface area (Å²) in [6, 6.07) is 14.4. The minimum Gasteiger partial charge on any atom is -0.310 e. The van der Waals surface area contributed by atoms with E-state index in [0.29, 0.717) is 0 Å². The lowest BCUT2D eigenvalue weighted by atomic mass is 9.95. The fourth-order valence-electron chi connectivity index (χ4n) is 2.45. The van der Waals surface area contributed by atoms with Crippen LogP contribution >= 0.6 is 23.2 Å². The minimum absolute atomic E-state index is 0.268. The third-order valence-corrected chi connectivity index (χ3v) is 4.10. The van der Waals surface area contributed by atoms with Gasteiger partial charge in [0.2, 0.25) is 0 Å². The quantitative estimate of drug-likeness (QED) is 0.731. The lowest BCUT2D eigenvalue weighted by Gasteiger charge is -2.21. The van der Waals surface area contributed by atoms with Gasteiger partial charge in [-0.1, -0.05) is 48.3 Å². The van der Waals surface area contributed by atoms with Crippen molar-refractivity contribution in [2.75, 3.05) is 6.54 Å². The highest BCUT2D eigenvalue weighted by Gasteiger charge is 2.14. The van der Waals surface area contributed by atoms with Gasteiger partial charge in [-0.15, -0.1) is 0 Å². The van der Waals surface area contributed by atoms with Crippen molar-refractivity contribution in [2.24, 2.45) is 0 Å². The van der Waals surface area contributed by atoms with Crippen LogP contribution in [0.15, 0.2) is 42.5 Å². The molecule has 0 heterocycles. The molecule has 0 aliphatic carbocycles. The smallest absolute Gasteiger partial charge is 0.0409 e. The molecule has 21 heavy (non-hydrogen) atoms. The Balaban J connectivity index is 2.25. The van der Waals surface area contributed by atoms with E-state index in [4.69, 9.17) is 23.2 Å². The van der Waals surface area contributed by atoms with Crippen LogP contribution in [0.4, 0.5) is 0 Å². The van der Waals surface area contributed by atoms with Crippen LogP contribution in [-0.2, 0) is 6.42 Å². The van der Waals surface area contributed by atoms with Crippen LogP contribution < -0.4 is 5.32 Å². The number of hydrogen-bond donors (Lipinski definition) is 1. The Morgan fingerprint density at radius 3 is 2.33 bits per heavy atom. The van der Waals surface area contributed by atoms with E-state index in [0.717, 1.165) is 29.4 Å². The monoisotopic (exact) mass is 321 g/mol. The van der Waals surface area contributed by atoms with E-state index < -0.39 is 0 Å². The van der Waals surface area contributed by atoms with Crippen LogP contribution in [0.1, 0.15) is 36.1 Å². The zero-order chi connectivity index (χ0) is 15.2. The highest BCUT2D eigenvalue weighted by Crippen LogP contribution is 2.25. The maximum absolute atomic E-state index is 6.17. The van der Waals surface area contributed by atoms with Crippen molar-refractivity contribution in [3.8, 4) is 0 Å². The van der Waals surface area contributed by atoms with Crippen molar-refractivity contribution in [1.82, 2.24) is 5.32 Å². The Morgan fingerprint density at radius 2 is 1.67 bits per heavy atom. The molecule has 0 aliphatic heterocycles. The van der Waals surface area contributed by atoms with E-state index in [9.17, 15) is 0 Å². The molecule has 0 saturated heterocycles. The molecule has 0 spiro atoms. The Morgan fingerprint density at radius 1 is 1.00 bits per heavy atom. The van der Waals surface area contributed by atoms with Gasteiger partial charge in [0.25, 0.3) is 0 Å². The number of hydrogen-bond acceptors (Lipinski definition) is 1. The first-order chi connectivity index (χ1) is 10.1. The Labute approximate surface area is 137 Å². The van der Waals surface area contributed by atoms with Crippen molar-refractivity contribution in [1.29, 1.82) is 0 Å². The molecule has 2 rings (SSSR count). The number of rotatable bonds is 6. The Kier molecular flexibility index (Phi) is 6.10. The summed E-state index contributed by atoms with van der Waals surface area (Å²) in [6.07, 6.45) is 2.04. The molecule has 3 heteroatoms. The van der Waals surface area contributed by atoms with Gasteiger partial charge in [0.1, 0.15) is 0 Å². The summed E-state index contributed by atoms with van der Waals surface area (Å²) < 4.78 is 0. The average molecular weight is 322 g/mol. The largest absolute Gasteiger partial charge is 0.310 e. The van der Waals surface area contributed by atoms with E-state index >= 15 is 0 Å². The summed E-state index contributed by atoms with van der Waals surface area (Å²) in [5, 5.41) is 5.19. The Bertz CT molecular complexity index is 578. The molecule has 0 radical (unpaired) electrons. The van der Waals surface area contributed by atoms with Crippen LogP contribution in [0.5, 0.6) is 0 Å². The molecule has 1 N–H and O–H groups in total. The average Bonchev–Trinajstić information content (AvgIpc) is 2.48. The molecule has 2 aromatic rings. The molecule has 0 aromatic heterocycles. The molecule has 112 valence electrons. The predicted molar refractivity (Wildman–Crippen MR) is 92.4 cm³/mol. The lowest BCUT2D eigenvalue weighted by Crippen LogP contribution is -2.24. The highest BCUT2D eigenvalue weighted by molar-refractivity contribution is 6.30. The first kappa shape index (κ1) is 16.4. The van der Waals surface area contributed by atoms with Crippen molar-refractivity contribution < 1.29 is 0 Å². The number of nitrogens with one attached hydrogen (secondary N) is 1. The zero-order valence-electron chi connectivity index (χ0n) is 12.5. The molecular formula is C18H21Cl2N. The molecule has 2 aromatic carbocycles. The van der Waals surface area contributed by atoms with Gasteiger partial charge in [-0.3, -0.25) is 0 Å². The predicted octanol–water partition coefficient (Wildman–Crippen LogP) is 5.59. The van der Waals surface area contributed by atoms with E-state index in [2.05, 4.69) is 43.4 Å². The summed E-state index contributed by atoms with van der Waals surface area (Å²) in [5.41, 5.74) is 3.81. The summed E-state index contributed by atoms with van der Waals surface area (Å²) in [7, 11) is 0. The van der Waals surface area contributed by atoms with Crippen LogP contribution in [-0.4, -0.2) is 6.54 Å². The standard InChI is InChI=1S/C18H21Cl2N/c1-3-10-21-18(11-14-5-8-15(19)9-6-14)17-12-16(20)7-4-13(17)2/h4-9,12,18,21H,3,10-11H2,1-2H3. The second-order valence-electron chi connectivity index (χ2n) is 5.34. The van der Waals surface area contributed by atoms with Crippen molar-refractivity contribution in [2.45, 2.75) is 32.7 Å². The fourth-order valence-corrected chi connectivity index (χ4v) is 2.76. The van der Waals surface area contributed by atoms with Gasteiger partial charge in [-0.05, 0) is 67.3 Å². The molecule has 0 aliphatic rings. The number of benzene rings is 2. The molecule has 1 unspecified atom stereocenters. The van der Waals surface area contributed by atoms with Crippen molar-refractivity contribution >= 4 is 23.2 Å². The molecule has 0 bridgehead atoms. The van der Waals surface area contributed by atoms with Crippen molar-refractivity contribution in [3.63, 3.8) is 0 Å². The minimum atomic E-state index is 0.268. The van der Waals surface area contributed by atoms with Gasteiger partial charge in [0.15, 0.2) is 0 Å². The van der Waals surface area contributed by atoms with Crippen LogP contribution in [0.3, 0.4) is 0 Å². The maximum Gasteiger partial charge on any atom is 0.0409 e. The molecule has 1 nitrogen and oxygen atoms in total. The van der Waals surface area contributed by atoms with Gasteiger partial charge in [0.05, 0.1) is 0 Å². The second kappa shape index (κ2) is 7.84. The van der Waals surface area contributed by atoms with E-state index in [1.54, 1.807) is 0 Å². The maximum atomic E-state index is 6.17. The van der Waals surface area contributed by atoms with E-state index in [1.165, 1.54) is 16.7 Å². The van der Waals surface area contributed by atoms with Crippen LogP contribution in [0.25, 0.3) is 0 Å². The number of aryl methyl sites for hydroxylation is 1. The zero-order valence-corrected chi connectivity index (χ0v) is 14.0. The van der Waals surface area contributed by atoms with Gasteiger partial charge < -0.3 is 5.32 Å². The highest BCUT2D eigenvalue weighted by atomic mass is 35.5. The topological polar surface area (TPSA) is 12.0 Å². The molecule has 0 fully saturated rings. The van der Waals surface area contributed by atoms with E-state index in [1.807, 2.05) is 18.2 Å². The van der Waals surface area contributed by atoms with Crippen molar-refractivity contribution in [3.05, 3.63) is 69.2 Å². The van der Waals surface area contributed by atoms with Crippen LogP contribution in [0.2, 0.25) is 10.0 Å². The van der Waals surface area contributed by atoms with Gasteiger partial charge >= 0.3 is 0 Å². The fraction of sp³-hybridized carbons (Fsp3) is 0.333. The second-order valence-corrected chi connectivity index (χ2v) is 6.21. The summed E-state index contributed by atoms with van der Waals surface area (Å²) in [6.45, 7) is 5.30. The molecule has 0 saturated carbocycles. The molecular weight excluding hydrogens is 301 g/mol. The number of halogens is 2. The van der Waals surface area contributed by atoms with E-state index in [-0.39, 0.29) is 6.04 Å². The first-order valence-corrected chi connectivity index (χ1v) is 8.09. The lowest BCUT2D eigenvalue weighted by molar-refractivity contribution is 0.527. The summed E-state index contributed by atoms with van der Waals surface area (Å²) in [4.78, 5) is 0.